The van der Waals surface area contributed by atoms with Crippen molar-refractivity contribution >= 4 is 29.9 Å². The van der Waals surface area contributed by atoms with Crippen molar-refractivity contribution in [2.75, 3.05) is 54.1 Å². The van der Waals surface area contributed by atoms with Gasteiger partial charge in [0.05, 0.1) is 27.9 Å². The second kappa shape index (κ2) is 13.7. The Morgan fingerprint density at radius 1 is 1.07 bits per heavy atom. The third-order valence-corrected chi connectivity index (χ3v) is 5.09. The average molecular weight is 520 g/mol. The summed E-state index contributed by atoms with van der Waals surface area (Å²) in [6.07, 6.45) is 2.60. The van der Waals surface area contributed by atoms with Crippen LogP contribution in [0.2, 0.25) is 0 Å². The van der Waals surface area contributed by atoms with Crippen molar-refractivity contribution in [3.8, 4) is 17.2 Å². The number of nitrogens with one attached hydrogen (secondary N) is 2. The summed E-state index contributed by atoms with van der Waals surface area (Å²) in [5, 5.41) is 6.75. The second-order valence-electron chi connectivity index (χ2n) is 7.18. The lowest BCUT2D eigenvalue weighted by Crippen LogP contribution is -2.43. The van der Waals surface area contributed by atoms with Crippen molar-refractivity contribution in [3.05, 3.63) is 17.7 Å². The van der Waals surface area contributed by atoms with Gasteiger partial charge >= 0.3 is 0 Å². The van der Waals surface area contributed by atoms with Crippen LogP contribution in [0.3, 0.4) is 0 Å². The minimum absolute atomic E-state index is 0. The molecule has 0 unspecified atom stereocenters. The number of likely N-dealkylation sites (tertiary alicyclic amines) is 1. The van der Waals surface area contributed by atoms with E-state index >= 15 is 0 Å². The zero-order valence-corrected chi connectivity index (χ0v) is 20.7. The number of ether oxygens (including phenoxy) is 3. The normalized spacial score (nSPS) is 15.4. The molecule has 2 rings (SSSR count). The molecule has 0 saturated carbocycles. The lowest BCUT2D eigenvalue weighted by molar-refractivity contribution is 0.195. The molecule has 0 amide bonds. The van der Waals surface area contributed by atoms with Crippen LogP contribution in [0.5, 0.6) is 17.2 Å². The van der Waals surface area contributed by atoms with E-state index in [1.807, 2.05) is 12.1 Å². The number of rotatable bonds is 9. The first-order valence-corrected chi connectivity index (χ1v) is 10.1. The third-order valence-electron chi connectivity index (χ3n) is 5.09. The number of hydrogen-bond acceptors (Lipinski definition) is 5. The fourth-order valence-electron chi connectivity index (χ4n) is 3.36. The van der Waals surface area contributed by atoms with Crippen molar-refractivity contribution in [3.63, 3.8) is 0 Å². The highest BCUT2D eigenvalue weighted by Gasteiger charge is 2.15. The molecule has 7 nitrogen and oxygen atoms in total. The largest absolute Gasteiger partial charge is 0.493 e. The molecule has 2 N–H and O–H groups in total. The van der Waals surface area contributed by atoms with Gasteiger partial charge in [-0.3, -0.25) is 0 Å². The van der Waals surface area contributed by atoms with Crippen molar-refractivity contribution in [1.82, 2.24) is 15.5 Å². The van der Waals surface area contributed by atoms with Crippen molar-refractivity contribution in [1.29, 1.82) is 0 Å². The van der Waals surface area contributed by atoms with Gasteiger partial charge in [-0.1, -0.05) is 6.92 Å². The van der Waals surface area contributed by atoms with E-state index in [0.717, 1.165) is 37.1 Å². The third kappa shape index (κ3) is 8.08. The number of aliphatic imine (C=N–C) groups is 1. The smallest absolute Gasteiger partial charge is 0.203 e. The number of methoxy groups -OCH3 is 3. The van der Waals surface area contributed by atoms with Gasteiger partial charge in [-0.15, -0.1) is 24.0 Å². The Bertz CT molecular complexity index is 609. The molecule has 0 radical (unpaired) electrons. The highest BCUT2D eigenvalue weighted by Crippen LogP contribution is 2.38. The van der Waals surface area contributed by atoms with E-state index in [0.29, 0.717) is 23.8 Å². The molecule has 0 bridgehead atoms. The number of nitrogens with zero attached hydrogens (tertiary/aromatic N) is 2. The highest BCUT2D eigenvalue weighted by atomic mass is 127. The van der Waals surface area contributed by atoms with E-state index in [1.54, 1.807) is 21.3 Å². The molecule has 0 aliphatic carbocycles. The molecule has 1 aliphatic rings. The molecule has 1 aromatic rings. The molecule has 0 atom stereocenters. The number of piperidine rings is 1. The number of guanidine groups is 1. The molecule has 0 spiro atoms. The van der Waals surface area contributed by atoms with Crippen LogP contribution in [-0.4, -0.2) is 64.9 Å². The Morgan fingerprint density at radius 3 is 2.21 bits per heavy atom. The van der Waals surface area contributed by atoms with E-state index in [-0.39, 0.29) is 24.0 Å². The summed E-state index contributed by atoms with van der Waals surface area (Å²) in [5.41, 5.74) is 0.997. The molecule has 1 aliphatic heterocycles. The van der Waals surface area contributed by atoms with E-state index < -0.39 is 0 Å². The molecule has 0 aromatic heterocycles. The quantitative estimate of drug-likeness (QED) is 0.297. The summed E-state index contributed by atoms with van der Waals surface area (Å²) >= 11 is 0. The van der Waals surface area contributed by atoms with Crippen LogP contribution in [0.15, 0.2) is 17.1 Å². The number of halogens is 1. The van der Waals surface area contributed by atoms with Crippen molar-refractivity contribution < 1.29 is 14.2 Å². The van der Waals surface area contributed by atoms with Gasteiger partial charge in [-0.05, 0) is 56.5 Å². The van der Waals surface area contributed by atoms with Gasteiger partial charge in [-0.2, -0.15) is 0 Å². The van der Waals surface area contributed by atoms with Gasteiger partial charge in [0.15, 0.2) is 17.5 Å². The summed E-state index contributed by atoms with van der Waals surface area (Å²) in [7, 11) is 4.85. The summed E-state index contributed by atoms with van der Waals surface area (Å²) in [6.45, 7) is 10.1. The molecule has 166 valence electrons. The monoisotopic (exact) mass is 520 g/mol. The van der Waals surface area contributed by atoms with E-state index in [9.17, 15) is 0 Å². The predicted octanol–water partition coefficient (Wildman–Crippen LogP) is 3.12. The van der Waals surface area contributed by atoms with Crippen LogP contribution in [0.1, 0.15) is 32.3 Å². The minimum Gasteiger partial charge on any atom is -0.493 e. The van der Waals surface area contributed by atoms with Gasteiger partial charge in [0.2, 0.25) is 5.75 Å². The zero-order valence-electron chi connectivity index (χ0n) is 18.4. The molecule has 1 saturated heterocycles. The van der Waals surface area contributed by atoms with Gasteiger partial charge in [0, 0.05) is 19.6 Å². The first-order valence-electron chi connectivity index (χ1n) is 10.1. The van der Waals surface area contributed by atoms with Gasteiger partial charge in [0.25, 0.3) is 0 Å². The molecular weight excluding hydrogens is 483 g/mol. The molecule has 1 heterocycles. The van der Waals surface area contributed by atoms with Crippen LogP contribution < -0.4 is 24.8 Å². The highest BCUT2D eigenvalue weighted by molar-refractivity contribution is 14.0. The molecular formula is C21H37IN4O3. The Kier molecular flexibility index (Phi) is 12.1. The Hall–Kier alpha value is -1.42. The summed E-state index contributed by atoms with van der Waals surface area (Å²) in [5.74, 6) is 3.57. The topological polar surface area (TPSA) is 67.4 Å². The number of benzene rings is 1. The van der Waals surface area contributed by atoms with Crippen LogP contribution >= 0.6 is 24.0 Å². The first kappa shape index (κ1) is 25.6. The van der Waals surface area contributed by atoms with Crippen LogP contribution in [-0.2, 0) is 6.54 Å². The number of hydrogen-bond donors (Lipinski definition) is 2. The Balaban J connectivity index is 0.00000420. The van der Waals surface area contributed by atoms with E-state index in [1.165, 1.54) is 25.9 Å². The fourth-order valence-corrected chi connectivity index (χ4v) is 3.36. The fraction of sp³-hybridized carbons (Fsp3) is 0.667. The SMILES string of the molecule is CCNC(=NCc1cc(OC)c(OC)c(OC)c1)NCCN1CCC(C)CC1.I. The lowest BCUT2D eigenvalue weighted by atomic mass is 9.99. The molecule has 1 aromatic carbocycles. The van der Waals surface area contributed by atoms with Crippen LogP contribution in [0.25, 0.3) is 0 Å². The Morgan fingerprint density at radius 2 is 1.69 bits per heavy atom. The van der Waals surface area contributed by atoms with Gasteiger partial charge in [0.1, 0.15) is 0 Å². The zero-order chi connectivity index (χ0) is 20.4. The maximum atomic E-state index is 5.42. The van der Waals surface area contributed by atoms with Crippen LogP contribution in [0, 0.1) is 5.92 Å². The molecule has 8 heteroatoms. The average Bonchev–Trinajstić information content (AvgIpc) is 2.72. The van der Waals surface area contributed by atoms with Crippen LogP contribution in [0.4, 0.5) is 0 Å². The standard InChI is InChI=1S/C21H36N4O3.HI/c1-6-22-21(23-9-12-25-10-7-16(2)8-11-25)24-15-17-13-18(26-3)20(28-5)19(14-17)27-4;/h13-14,16H,6-12,15H2,1-5H3,(H2,22,23,24);1H. The molecule has 29 heavy (non-hydrogen) atoms. The predicted molar refractivity (Wildman–Crippen MR) is 129 cm³/mol. The summed E-state index contributed by atoms with van der Waals surface area (Å²) in [4.78, 5) is 7.23. The maximum absolute atomic E-state index is 5.42. The van der Waals surface area contributed by atoms with Gasteiger partial charge in [-0.25, -0.2) is 4.99 Å². The Labute approximate surface area is 192 Å². The van der Waals surface area contributed by atoms with E-state index in [4.69, 9.17) is 19.2 Å². The van der Waals surface area contributed by atoms with E-state index in [2.05, 4.69) is 29.4 Å². The molecule has 1 fully saturated rings. The second-order valence-corrected chi connectivity index (χ2v) is 7.18. The summed E-state index contributed by atoms with van der Waals surface area (Å²) in [6, 6.07) is 3.87. The summed E-state index contributed by atoms with van der Waals surface area (Å²) < 4.78 is 16.2. The minimum atomic E-state index is 0. The van der Waals surface area contributed by atoms with Crippen molar-refractivity contribution in [2.24, 2.45) is 10.9 Å². The van der Waals surface area contributed by atoms with Crippen molar-refractivity contribution in [2.45, 2.75) is 33.2 Å². The maximum Gasteiger partial charge on any atom is 0.203 e. The lowest BCUT2D eigenvalue weighted by Gasteiger charge is -2.30. The van der Waals surface area contributed by atoms with Gasteiger partial charge < -0.3 is 29.7 Å². The first-order chi connectivity index (χ1) is 13.6.